The van der Waals surface area contributed by atoms with Crippen LogP contribution in [0.5, 0.6) is 0 Å². The van der Waals surface area contributed by atoms with Crippen LogP contribution in [0.1, 0.15) is 52.4 Å². The molecule has 0 fully saturated rings. The van der Waals surface area contributed by atoms with Crippen LogP contribution in [0.25, 0.3) is 0 Å². The summed E-state index contributed by atoms with van der Waals surface area (Å²) in [5, 5.41) is 0. The van der Waals surface area contributed by atoms with Gasteiger partial charge in [-0.2, -0.15) is 0 Å². The lowest BCUT2D eigenvalue weighted by Crippen LogP contribution is -2.16. The van der Waals surface area contributed by atoms with E-state index < -0.39 is 0 Å². The van der Waals surface area contributed by atoms with Gasteiger partial charge in [0.25, 0.3) is 0 Å². The zero-order valence-electron chi connectivity index (χ0n) is 10.2. The molecule has 0 aromatic carbocycles. The zero-order valence-corrected chi connectivity index (χ0v) is 10.2. The minimum atomic E-state index is 0.446. The Kier molecular flexibility index (Phi) is 3.33. The van der Waals surface area contributed by atoms with Crippen LogP contribution in [0.2, 0.25) is 0 Å². The predicted octanol–water partition coefficient (Wildman–Crippen LogP) is 4.73. The predicted molar refractivity (Wildman–Crippen MR) is 66.7 cm³/mol. The third-order valence-corrected chi connectivity index (χ3v) is 4.17. The standard InChI is InChI=1S/C15H24/c1-13(2)14-7-6-11-15(12-8-14)9-4-3-5-10-15/h4,8-9,12-14H,3,5-7,10-11H2,1-2H3. The molecule has 0 N–H and O–H groups in total. The van der Waals surface area contributed by atoms with Crippen LogP contribution in [-0.4, -0.2) is 0 Å². The van der Waals surface area contributed by atoms with Gasteiger partial charge in [-0.05, 0) is 43.9 Å². The normalized spacial score (nSPS) is 36.1. The van der Waals surface area contributed by atoms with Gasteiger partial charge in [-0.25, -0.2) is 0 Å². The van der Waals surface area contributed by atoms with E-state index >= 15 is 0 Å². The monoisotopic (exact) mass is 204 g/mol. The van der Waals surface area contributed by atoms with E-state index in [0.717, 1.165) is 11.8 Å². The summed E-state index contributed by atoms with van der Waals surface area (Å²) in [4.78, 5) is 0. The Morgan fingerprint density at radius 3 is 2.60 bits per heavy atom. The molecule has 2 rings (SSSR count). The number of hydrogen-bond acceptors (Lipinski definition) is 0. The van der Waals surface area contributed by atoms with Crippen molar-refractivity contribution in [3.63, 3.8) is 0 Å². The third-order valence-electron chi connectivity index (χ3n) is 4.17. The maximum atomic E-state index is 2.53. The number of rotatable bonds is 1. The van der Waals surface area contributed by atoms with Crippen molar-refractivity contribution in [3.05, 3.63) is 24.3 Å². The van der Waals surface area contributed by atoms with Crippen molar-refractivity contribution in [2.24, 2.45) is 17.3 Å². The highest BCUT2D eigenvalue weighted by Crippen LogP contribution is 2.41. The minimum Gasteiger partial charge on any atom is -0.0877 e. The molecule has 0 bridgehead atoms. The second-order valence-corrected chi connectivity index (χ2v) is 5.69. The summed E-state index contributed by atoms with van der Waals surface area (Å²) in [5.74, 6) is 1.63. The van der Waals surface area contributed by atoms with Crippen molar-refractivity contribution >= 4 is 0 Å². The average Bonchev–Trinajstić information content (AvgIpc) is 2.43. The number of allylic oxidation sites excluding steroid dienone is 4. The van der Waals surface area contributed by atoms with Crippen molar-refractivity contribution < 1.29 is 0 Å². The van der Waals surface area contributed by atoms with Gasteiger partial charge < -0.3 is 0 Å². The molecule has 0 aromatic rings. The molecule has 0 aromatic heterocycles. The maximum Gasteiger partial charge on any atom is 0.00611 e. The maximum absolute atomic E-state index is 2.53. The van der Waals surface area contributed by atoms with Crippen LogP contribution < -0.4 is 0 Å². The van der Waals surface area contributed by atoms with Crippen LogP contribution in [0.4, 0.5) is 0 Å². The molecule has 2 aliphatic rings. The second-order valence-electron chi connectivity index (χ2n) is 5.69. The summed E-state index contributed by atoms with van der Waals surface area (Å²) in [6.07, 6.45) is 18.1. The lowest BCUT2D eigenvalue weighted by atomic mass is 9.76. The Bertz CT molecular complexity index is 259. The van der Waals surface area contributed by atoms with E-state index in [1.807, 2.05) is 0 Å². The summed E-state index contributed by atoms with van der Waals surface area (Å²) in [6, 6.07) is 0. The lowest BCUT2D eigenvalue weighted by Gasteiger charge is -2.29. The molecule has 0 radical (unpaired) electrons. The molecule has 0 amide bonds. The van der Waals surface area contributed by atoms with E-state index in [9.17, 15) is 0 Å². The minimum absolute atomic E-state index is 0.446. The van der Waals surface area contributed by atoms with Crippen LogP contribution in [-0.2, 0) is 0 Å². The van der Waals surface area contributed by atoms with Gasteiger partial charge in [-0.15, -0.1) is 0 Å². The first kappa shape index (κ1) is 11.0. The fourth-order valence-electron chi connectivity index (χ4n) is 3.01. The molecule has 1 spiro atoms. The fraction of sp³-hybridized carbons (Fsp3) is 0.733. The molecule has 84 valence electrons. The van der Waals surface area contributed by atoms with E-state index in [0.29, 0.717) is 5.41 Å². The summed E-state index contributed by atoms with van der Waals surface area (Å²) >= 11 is 0. The second kappa shape index (κ2) is 4.55. The molecule has 15 heavy (non-hydrogen) atoms. The highest BCUT2D eigenvalue weighted by Gasteiger charge is 2.28. The third kappa shape index (κ3) is 2.53. The first-order valence-corrected chi connectivity index (χ1v) is 6.59. The lowest BCUT2D eigenvalue weighted by molar-refractivity contribution is 0.363. The summed E-state index contributed by atoms with van der Waals surface area (Å²) in [7, 11) is 0. The molecular formula is C15H24. The molecule has 0 heteroatoms. The molecule has 2 atom stereocenters. The molecule has 2 unspecified atom stereocenters. The highest BCUT2D eigenvalue weighted by atomic mass is 14.3. The van der Waals surface area contributed by atoms with Crippen molar-refractivity contribution in [2.75, 3.05) is 0 Å². The van der Waals surface area contributed by atoms with Gasteiger partial charge in [0.1, 0.15) is 0 Å². The molecule has 0 heterocycles. The van der Waals surface area contributed by atoms with Crippen molar-refractivity contribution in [3.8, 4) is 0 Å². The summed E-state index contributed by atoms with van der Waals surface area (Å²) in [6.45, 7) is 4.70. The molecule has 2 aliphatic carbocycles. The van der Waals surface area contributed by atoms with Crippen molar-refractivity contribution in [1.29, 1.82) is 0 Å². The highest BCUT2D eigenvalue weighted by molar-refractivity contribution is 5.16. The van der Waals surface area contributed by atoms with Gasteiger partial charge >= 0.3 is 0 Å². The van der Waals surface area contributed by atoms with Crippen molar-refractivity contribution in [2.45, 2.75) is 52.4 Å². The van der Waals surface area contributed by atoms with Gasteiger partial charge in [-0.3, -0.25) is 0 Å². The molecule has 0 saturated heterocycles. The molecule has 0 saturated carbocycles. The van der Waals surface area contributed by atoms with Crippen LogP contribution in [0.15, 0.2) is 24.3 Å². The van der Waals surface area contributed by atoms with Crippen LogP contribution >= 0.6 is 0 Å². The Morgan fingerprint density at radius 1 is 1.13 bits per heavy atom. The van der Waals surface area contributed by atoms with Gasteiger partial charge in [0, 0.05) is 5.41 Å². The first-order valence-electron chi connectivity index (χ1n) is 6.59. The van der Waals surface area contributed by atoms with E-state index in [4.69, 9.17) is 0 Å². The summed E-state index contributed by atoms with van der Waals surface area (Å²) < 4.78 is 0. The van der Waals surface area contributed by atoms with Gasteiger partial charge in [0.05, 0.1) is 0 Å². The summed E-state index contributed by atoms with van der Waals surface area (Å²) in [5.41, 5.74) is 0.446. The van der Waals surface area contributed by atoms with E-state index in [1.54, 1.807) is 0 Å². The van der Waals surface area contributed by atoms with Crippen LogP contribution in [0, 0.1) is 17.3 Å². The smallest absolute Gasteiger partial charge is 0.00611 e. The number of hydrogen-bond donors (Lipinski definition) is 0. The van der Waals surface area contributed by atoms with Gasteiger partial charge in [0.2, 0.25) is 0 Å². The van der Waals surface area contributed by atoms with E-state index in [1.165, 1.54) is 38.5 Å². The SMILES string of the molecule is CC(C)C1C=CC2(C=CCCC2)CCC1. The topological polar surface area (TPSA) is 0 Å². The molecule has 0 nitrogen and oxygen atoms in total. The zero-order chi connectivity index (χ0) is 10.7. The molecular weight excluding hydrogens is 180 g/mol. The Morgan fingerprint density at radius 2 is 1.93 bits per heavy atom. The Hall–Kier alpha value is -0.520. The van der Waals surface area contributed by atoms with Crippen LogP contribution in [0.3, 0.4) is 0 Å². The van der Waals surface area contributed by atoms with Gasteiger partial charge in [-0.1, -0.05) is 44.6 Å². The largest absolute Gasteiger partial charge is 0.0877 e. The Labute approximate surface area is 94.5 Å². The Balaban J connectivity index is 2.12. The first-order chi connectivity index (χ1) is 7.22. The van der Waals surface area contributed by atoms with E-state index in [-0.39, 0.29) is 0 Å². The quantitative estimate of drug-likeness (QED) is 0.542. The molecule has 0 aliphatic heterocycles. The average molecular weight is 204 g/mol. The van der Waals surface area contributed by atoms with Crippen molar-refractivity contribution in [1.82, 2.24) is 0 Å². The van der Waals surface area contributed by atoms with E-state index in [2.05, 4.69) is 38.2 Å². The fourth-order valence-corrected chi connectivity index (χ4v) is 3.01. The van der Waals surface area contributed by atoms with Gasteiger partial charge in [0.15, 0.2) is 0 Å².